The number of benzene rings is 2. The summed E-state index contributed by atoms with van der Waals surface area (Å²) >= 11 is 0. The van der Waals surface area contributed by atoms with Crippen LogP contribution in [-0.4, -0.2) is 40.0 Å². The van der Waals surface area contributed by atoms with Gasteiger partial charge in [0.1, 0.15) is 5.82 Å². The van der Waals surface area contributed by atoms with Gasteiger partial charge in [-0.15, -0.1) is 0 Å². The molecule has 0 radical (unpaired) electrons. The van der Waals surface area contributed by atoms with Gasteiger partial charge in [-0.25, -0.2) is 17.9 Å². The predicted molar refractivity (Wildman–Crippen MR) is 93.6 cm³/mol. The first-order valence-electron chi connectivity index (χ1n) is 7.74. The van der Waals surface area contributed by atoms with Gasteiger partial charge in [0.05, 0.1) is 11.1 Å². The van der Waals surface area contributed by atoms with E-state index in [4.69, 9.17) is 4.52 Å². The molecule has 0 amide bonds. The van der Waals surface area contributed by atoms with Gasteiger partial charge >= 0.3 is 0 Å². The van der Waals surface area contributed by atoms with Crippen molar-refractivity contribution in [2.75, 3.05) is 6.26 Å². The fraction of sp³-hybridized carbons (Fsp3) is 0.0588. The van der Waals surface area contributed by atoms with Crippen molar-refractivity contribution in [3.05, 3.63) is 54.3 Å². The zero-order chi connectivity index (χ0) is 19.0. The van der Waals surface area contributed by atoms with E-state index in [0.29, 0.717) is 11.1 Å². The Bertz CT molecular complexity index is 1230. The summed E-state index contributed by atoms with van der Waals surface area (Å²) in [4.78, 5) is 8.26. The molecule has 2 aromatic carbocycles. The molecule has 0 aliphatic rings. The number of hydrogen-bond donors (Lipinski definition) is 1. The van der Waals surface area contributed by atoms with E-state index < -0.39 is 15.7 Å². The van der Waals surface area contributed by atoms with Crippen molar-refractivity contribution in [1.29, 1.82) is 0 Å². The van der Waals surface area contributed by atoms with Gasteiger partial charge in [-0.2, -0.15) is 15.1 Å². The molecular formula is C17H12FN5O3S. The highest BCUT2D eigenvalue weighted by atomic mass is 32.2. The minimum absolute atomic E-state index is 0.102. The average Bonchev–Trinajstić information content (AvgIpc) is 3.32. The molecule has 2 aromatic heterocycles. The van der Waals surface area contributed by atoms with Crippen molar-refractivity contribution in [2.24, 2.45) is 0 Å². The van der Waals surface area contributed by atoms with E-state index in [2.05, 4.69) is 25.3 Å². The number of aromatic amines is 1. The van der Waals surface area contributed by atoms with Crippen molar-refractivity contribution >= 4 is 9.84 Å². The van der Waals surface area contributed by atoms with E-state index in [9.17, 15) is 12.8 Å². The fourth-order valence-electron chi connectivity index (χ4n) is 2.48. The van der Waals surface area contributed by atoms with Crippen LogP contribution < -0.4 is 0 Å². The molecule has 4 aromatic rings. The third-order valence-electron chi connectivity index (χ3n) is 3.76. The van der Waals surface area contributed by atoms with Gasteiger partial charge in [0.2, 0.25) is 20.8 Å². The molecule has 0 aliphatic heterocycles. The summed E-state index contributed by atoms with van der Waals surface area (Å²) in [6, 6.07) is 13.0. The highest BCUT2D eigenvalue weighted by Gasteiger charge is 2.20. The van der Waals surface area contributed by atoms with E-state index in [1.54, 1.807) is 42.5 Å². The molecule has 0 atom stereocenters. The number of nitrogens with one attached hydrogen (secondary N) is 1. The number of hydrogen-bond acceptors (Lipinski definition) is 7. The first-order chi connectivity index (χ1) is 12.9. The molecule has 0 unspecified atom stereocenters. The smallest absolute Gasteiger partial charge is 0.258 e. The highest BCUT2D eigenvalue weighted by molar-refractivity contribution is 7.90. The minimum atomic E-state index is -3.53. The van der Waals surface area contributed by atoms with Gasteiger partial charge in [-0.05, 0) is 18.2 Å². The Balaban J connectivity index is 1.79. The number of sulfone groups is 1. The topological polar surface area (TPSA) is 115 Å². The maximum Gasteiger partial charge on any atom is 0.258 e. The molecular weight excluding hydrogens is 373 g/mol. The highest BCUT2D eigenvalue weighted by Crippen LogP contribution is 2.31. The fourth-order valence-corrected chi connectivity index (χ4v) is 2.95. The summed E-state index contributed by atoms with van der Waals surface area (Å²) in [5.74, 6) is -0.0687. The lowest BCUT2D eigenvalue weighted by atomic mass is 10.1. The minimum Gasteiger partial charge on any atom is -0.334 e. The van der Waals surface area contributed by atoms with Crippen LogP contribution in [0.1, 0.15) is 0 Å². The lowest BCUT2D eigenvalue weighted by Crippen LogP contribution is -1.99. The molecule has 0 bridgehead atoms. The zero-order valence-electron chi connectivity index (χ0n) is 13.9. The normalized spacial score (nSPS) is 11.6. The molecule has 136 valence electrons. The predicted octanol–water partition coefficient (Wildman–Crippen LogP) is 2.73. The lowest BCUT2D eigenvalue weighted by Gasteiger charge is -2.01. The standard InChI is InChI=1S/C17H12FN5O3S/c1-27(24,25)17-20-14(21-22-17)10-6-2-3-7-11(10)16-19-15(23-26-16)12-8-4-5-9-13(12)18/h2-9H,1H3,(H,20,21,22). The van der Waals surface area contributed by atoms with Gasteiger partial charge in [0, 0.05) is 11.8 Å². The van der Waals surface area contributed by atoms with Crippen LogP contribution in [0.5, 0.6) is 0 Å². The zero-order valence-corrected chi connectivity index (χ0v) is 14.7. The Morgan fingerprint density at radius 3 is 2.26 bits per heavy atom. The molecule has 2 heterocycles. The Morgan fingerprint density at radius 2 is 1.59 bits per heavy atom. The van der Waals surface area contributed by atoms with Crippen molar-refractivity contribution in [3.8, 4) is 34.2 Å². The van der Waals surface area contributed by atoms with Gasteiger partial charge in [-0.3, -0.25) is 0 Å². The second-order valence-electron chi connectivity index (χ2n) is 5.68. The van der Waals surface area contributed by atoms with Gasteiger partial charge in [-0.1, -0.05) is 35.5 Å². The van der Waals surface area contributed by atoms with Crippen molar-refractivity contribution in [1.82, 2.24) is 25.3 Å². The molecule has 0 fully saturated rings. The van der Waals surface area contributed by atoms with E-state index in [1.165, 1.54) is 6.07 Å². The first-order valence-corrected chi connectivity index (χ1v) is 9.63. The Labute approximate surface area is 153 Å². The van der Waals surface area contributed by atoms with Crippen molar-refractivity contribution < 1.29 is 17.3 Å². The summed E-state index contributed by atoms with van der Waals surface area (Å²) < 4.78 is 42.5. The lowest BCUT2D eigenvalue weighted by molar-refractivity contribution is 0.432. The molecule has 0 spiro atoms. The Morgan fingerprint density at radius 1 is 0.926 bits per heavy atom. The van der Waals surface area contributed by atoms with Gasteiger partial charge in [0.25, 0.3) is 5.89 Å². The molecule has 1 N–H and O–H groups in total. The summed E-state index contributed by atoms with van der Waals surface area (Å²) in [6.07, 6.45) is 1.03. The van der Waals surface area contributed by atoms with Crippen LogP contribution in [0.15, 0.2) is 58.2 Å². The molecule has 0 saturated carbocycles. The average molecular weight is 385 g/mol. The number of H-pyrrole nitrogens is 1. The number of rotatable bonds is 4. The largest absolute Gasteiger partial charge is 0.334 e. The molecule has 0 aliphatic carbocycles. The van der Waals surface area contributed by atoms with Crippen molar-refractivity contribution in [3.63, 3.8) is 0 Å². The third-order valence-corrected chi connectivity index (χ3v) is 4.64. The van der Waals surface area contributed by atoms with Crippen LogP contribution in [0, 0.1) is 5.82 Å². The summed E-state index contributed by atoms with van der Waals surface area (Å²) in [7, 11) is -3.53. The first kappa shape index (κ1) is 17.0. The van der Waals surface area contributed by atoms with E-state index in [1.807, 2.05) is 0 Å². The van der Waals surface area contributed by atoms with Crippen LogP contribution in [0.4, 0.5) is 4.39 Å². The summed E-state index contributed by atoms with van der Waals surface area (Å²) in [6.45, 7) is 0. The van der Waals surface area contributed by atoms with Gasteiger partial charge in [0.15, 0.2) is 5.82 Å². The number of nitrogens with zero attached hydrogens (tertiary/aromatic N) is 4. The SMILES string of the molecule is CS(=O)(=O)c1nc(-c2ccccc2-c2nc(-c3ccccc3F)no2)n[nH]1. The van der Waals surface area contributed by atoms with Crippen LogP contribution >= 0.6 is 0 Å². The van der Waals surface area contributed by atoms with Crippen molar-refractivity contribution in [2.45, 2.75) is 5.16 Å². The monoisotopic (exact) mass is 385 g/mol. The molecule has 8 nitrogen and oxygen atoms in total. The third kappa shape index (κ3) is 3.22. The number of aromatic nitrogens is 5. The maximum atomic E-state index is 13.9. The van der Waals surface area contributed by atoms with Crippen LogP contribution in [0.25, 0.3) is 34.2 Å². The van der Waals surface area contributed by atoms with Crippen LogP contribution in [0.3, 0.4) is 0 Å². The van der Waals surface area contributed by atoms with Gasteiger partial charge < -0.3 is 4.52 Å². The molecule has 10 heteroatoms. The molecule has 4 rings (SSSR count). The second-order valence-corrected chi connectivity index (χ2v) is 7.62. The molecule has 27 heavy (non-hydrogen) atoms. The molecule has 0 saturated heterocycles. The van der Waals surface area contributed by atoms with Crippen LogP contribution in [0.2, 0.25) is 0 Å². The summed E-state index contributed by atoms with van der Waals surface area (Å²) in [5, 5.41) is 9.94. The quantitative estimate of drug-likeness (QED) is 0.574. The maximum absolute atomic E-state index is 13.9. The Hall–Kier alpha value is -3.40. The van der Waals surface area contributed by atoms with E-state index in [-0.39, 0.29) is 28.3 Å². The summed E-state index contributed by atoms with van der Waals surface area (Å²) in [5.41, 5.74) is 1.20. The van der Waals surface area contributed by atoms with E-state index in [0.717, 1.165) is 6.26 Å². The second kappa shape index (κ2) is 6.40. The van der Waals surface area contributed by atoms with E-state index >= 15 is 0 Å². The Kier molecular flexibility index (Phi) is 4.04. The number of halogens is 1. The van der Waals surface area contributed by atoms with Crippen LogP contribution in [-0.2, 0) is 9.84 Å².